The van der Waals surface area contributed by atoms with Gasteiger partial charge in [-0.05, 0) is 73.4 Å². The van der Waals surface area contributed by atoms with Gasteiger partial charge < -0.3 is 9.80 Å². The first-order valence-corrected chi connectivity index (χ1v) is 11.2. The number of hydrogen-bond acceptors (Lipinski definition) is 3. The van der Waals surface area contributed by atoms with Crippen molar-refractivity contribution >= 4 is 23.0 Å². The summed E-state index contributed by atoms with van der Waals surface area (Å²) in [6.07, 6.45) is 3.36. The molecule has 2 aromatic rings. The lowest BCUT2D eigenvalue weighted by Crippen LogP contribution is -2.41. The summed E-state index contributed by atoms with van der Waals surface area (Å²) >= 11 is 6.28. The van der Waals surface area contributed by atoms with E-state index in [1.807, 2.05) is 38.1 Å². The van der Waals surface area contributed by atoms with Gasteiger partial charge in [-0.25, -0.2) is 4.39 Å². The molecule has 30 heavy (non-hydrogen) atoms. The molecule has 0 aliphatic carbocycles. The zero-order chi connectivity index (χ0) is 21.5. The molecular formula is C25H29ClFN3. The van der Waals surface area contributed by atoms with Crippen LogP contribution in [-0.4, -0.2) is 25.7 Å². The van der Waals surface area contributed by atoms with Crippen LogP contribution in [0, 0.1) is 22.6 Å². The number of piperidine rings is 1. The molecule has 0 amide bonds. The number of hydrogen-bond donors (Lipinski definition) is 0. The van der Waals surface area contributed by atoms with Crippen molar-refractivity contribution in [3.8, 4) is 6.07 Å². The van der Waals surface area contributed by atoms with Gasteiger partial charge in [0, 0.05) is 37.1 Å². The molecule has 0 N–H and O–H groups in total. The predicted molar refractivity (Wildman–Crippen MR) is 122 cm³/mol. The number of benzene rings is 2. The molecule has 1 spiro atoms. The summed E-state index contributed by atoms with van der Waals surface area (Å²) in [5.74, 6) is 0.103. The second kappa shape index (κ2) is 8.12. The van der Waals surface area contributed by atoms with E-state index in [-0.39, 0.29) is 17.2 Å². The number of nitriles is 1. The van der Waals surface area contributed by atoms with Gasteiger partial charge in [-0.3, -0.25) is 0 Å². The van der Waals surface area contributed by atoms with Crippen LogP contribution in [-0.2, 0) is 0 Å². The molecule has 0 radical (unpaired) electrons. The zero-order valence-corrected chi connectivity index (χ0v) is 18.7. The molecule has 3 nitrogen and oxygen atoms in total. The van der Waals surface area contributed by atoms with Gasteiger partial charge in [-0.2, -0.15) is 5.26 Å². The molecule has 0 bridgehead atoms. The van der Waals surface area contributed by atoms with Crippen LogP contribution in [0.2, 0.25) is 5.02 Å². The normalized spacial score (nSPS) is 20.8. The minimum Gasteiger partial charge on any atom is -0.371 e. The van der Waals surface area contributed by atoms with Crippen molar-refractivity contribution < 1.29 is 4.39 Å². The van der Waals surface area contributed by atoms with E-state index >= 15 is 0 Å². The lowest BCUT2D eigenvalue weighted by atomic mass is 9.76. The van der Waals surface area contributed by atoms with E-state index in [0.717, 1.165) is 55.8 Å². The van der Waals surface area contributed by atoms with Crippen molar-refractivity contribution in [2.24, 2.45) is 5.41 Å². The number of anilines is 2. The standard InChI is InChI=1S/C25H29ClFN3/c1-17(2)22-7-6-20(13-24(22)27)29-10-8-25(9-11-29)14-18(3)30(16-25)21-5-4-19(15-28)23(26)12-21/h4-7,12-13,17-18H,8-11,14,16H2,1-3H3. The summed E-state index contributed by atoms with van der Waals surface area (Å²) in [6, 6.07) is 14.0. The Bertz CT molecular complexity index is 973. The summed E-state index contributed by atoms with van der Waals surface area (Å²) in [4.78, 5) is 4.75. The smallest absolute Gasteiger partial charge is 0.128 e. The van der Waals surface area contributed by atoms with Crippen LogP contribution in [0.3, 0.4) is 0 Å². The van der Waals surface area contributed by atoms with Crippen LogP contribution < -0.4 is 9.80 Å². The SMILES string of the molecule is CC(C)c1ccc(N2CCC3(CC2)CC(C)N(c2ccc(C#N)c(Cl)c2)C3)cc1F. The molecule has 0 saturated carbocycles. The molecule has 158 valence electrons. The fraction of sp³-hybridized carbons (Fsp3) is 0.480. The van der Waals surface area contributed by atoms with Crippen LogP contribution in [0.15, 0.2) is 36.4 Å². The average Bonchev–Trinajstić information content (AvgIpc) is 3.03. The largest absolute Gasteiger partial charge is 0.371 e. The molecule has 2 fully saturated rings. The third-order valence-electron chi connectivity index (χ3n) is 6.97. The Morgan fingerprint density at radius 2 is 1.83 bits per heavy atom. The van der Waals surface area contributed by atoms with E-state index in [4.69, 9.17) is 16.9 Å². The summed E-state index contributed by atoms with van der Waals surface area (Å²) in [7, 11) is 0. The van der Waals surface area contributed by atoms with E-state index in [2.05, 4.69) is 28.9 Å². The van der Waals surface area contributed by atoms with Gasteiger partial charge in [0.1, 0.15) is 11.9 Å². The Morgan fingerprint density at radius 3 is 2.43 bits per heavy atom. The van der Waals surface area contributed by atoms with Crippen molar-refractivity contribution in [3.63, 3.8) is 0 Å². The van der Waals surface area contributed by atoms with Gasteiger partial charge in [0.05, 0.1) is 10.6 Å². The zero-order valence-electron chi connectivity index (χ0n) is 18.0. The fourth-order valence-electron chi connectivity index (χ4n) is 5.22. The molecule has 5 heteroatoms. The van der Waals surface area contributed by atoms with Crippen molar-refractivity contribution in [3.05, 3.63) is 58.4 Å². The van der Waals surface area contributed by atoms with Gasteiger partial charge in [0.2, 0.25) is 0 Å². The van der Waals surface area contributed by atoms with Crippen molar-refractivity contribution in [1.82, 2.24) is 0 Å². The van der Waals surface area contributed by atoms with E-state index < -0.39 is 0 Å². The molecular weight excluding hydrogens is 397 g/mol. The number of halogens is 2. The molecule has 4 rings (SSSR count). The number of nitrogens with zero attached hydrogens (tertiary/aromatic N) is 3. The van der Waals surface area contributed by atoms with Gasteiger partial charge in [-0.1, -0.05) is 31.5 Å². The first kappa shape index (κ1) is 21.0. The average molecular weight is 426 g/mol. The fourth-order valence-corrected chi connectivity index (χ4v) is 5.44. The topological polar surface area (TPSA) is 30.3 Å². The maximum absolute atomic E-state index is 14.5. The summed E-state index contributed by atoms with van der Waals surface area (Å²) < 4.78 is 14.5. The summed E-state index contributed by atoms with van der Waals surface area (Å²) in [5.41, 5.74) is 3.68. The van der Waals surface area contributed by atoms with Crippen molar-refractivity contribution in [1.29, 1.82) is 5.26 Å². The molecule has 2 aliphatic rings. The Morgan fingerprint density at radius 1 is 1.13 bits per heavy atom. The van der Waals surface area contributed by atoms with Crippen LogP contribution in [0.4, 0.5) is 15.8 Å². The first-order chi connectivity index (χ1) is 14.3. The van der Waals surface area contributed by atoms with E-state index in [1.54, 1.807) is 6.07 Å². The Kier molecular flexibility index (Phi) is 5.68. The van der Waals surface area contributed by atoms with Crippen LogP contribution >= 0.6 is 11.6 Å². The second-order valence-corrected chi connectivity index (χ2v) is 9.71. The molecule has 1 unspecified atom stereocenters. The monoisotopic (exact) mass is 425 g/mol. The van der Waals surface area contributed by atoms with Gasteiger partial charge in [-0.15, -0.1) is 0 Å². The molecule has 1 atom stereocenters. The molecule has 2 saturated heterocycles. The summed E-state index contributed by atoms with van der Waals surface area (Å²) in [5, 5.41) is 9.65. The van der Waals surface area contributed by atoms with Crippen LogP contribution in [0.1, 0.15) is 57.1 Å². The molecule has 2 aromatic carbocycles. The molecule has 2 heterocycles. The van der Waals surface area contributed by atoms with Crippen LogP contribution in [0.25, 0.3) is 0 Å². The summed E-state index contributed by atoms with van der Waals surface area (Å²) in [6.45, 7) is 9.23. The lowest BCUT2D eigenvalue weighted by molar-refractivity contribution is 0.245. The highest BCUT2D eigenvalue weighted by molar-refractivity contribution is 6.32. The molecule has 2 aliphatic heterocycles. The minimum absolute atomic E-state index is 0.0962. The predicted octanol–water partition coefficient (Wildman–Crippen LogP) is 6.36. The lowest BCUT2D eigenvalue weighted by Gasteiger charge is -2.40. The Labute approximate surface area is 184 Å². The Balaban J connectivity index is 1.45. The first-order valence-electron chi connectivity index (χ1n) is 10.8. The highest BCUT2D eigenvalue weighted by atomic mass is 35.5. The van der Waals surface area contributed by atoms with Crippen molar-refractivity contribution in [2.45, 2.75) is 52.0 Å². The van der Waals surface area contributed by atoms with Crippen molar-refractivity contribution in [2.75, 3.05) is 29.4 Å². The van der Waals surface area contributed by atoms with Crippen LogP contribution in [0.5, 0.6) is 0 Å². The highest BCUT2D eigenvalue weighted by Gasteiger charge is 2.44. The maximum Gasteiger partial charge on any atom is 0.128 e. The van der Waals surface area contributed by atoms with Gasteiger partial charge >= 0.3 is 0 Å². The van der Waals surface area contributed by atoms with E-state index in [9.17, 15) is 4.39 Å². The third-order valence-corrected chi connectivity index (χ3v) is 7.28. The second-order valence-electron chi connectivity index (χ2n) is 9.30. The van der Waals surface area contributed by atoms with E-state index in [1.165, 1.54) is 0 Å². The minimum atomic E-state index is -0.0962. The molecule has 0 aromatic heterocycles. The third kappa shape index (κ3) is 3.88. The van der Waals surface area contributed by atoms with Gasteiger partial charge in [0.25, 0.3) is 0 Å². The quantitative estimate of drug-likeness (QED) is 0.573. The maximum atomic E-state index is 14.5. The number of rotatable bonds is 3. The highest BCUT2D eigenvalue weighted by Crippen LogP contribution is 2.46. The Hall–Kier alpha value is -2.25. The van der Waals surface area contributed by atoms with E-state index in [0.29, 0.717) is 16.6 Å². The van der Waals surface area contributed by atoms with Gasteiger partial charge in [0.15, 0.2) is 0 Å².